The zero-order chi connectivity index (χ0) is 17.8. The molecule has 0 atom stereocenters. The van der Waals surface area contributed by atoms with Crippen molar-refractivity contribution >= 4 is 28.8 Å². The van der Waals surface area contributed by atoms with E-state index in [4.69, 9.17) is 20.8 Å². The predicted molar refractivity (Wildman–Crippen MR) is 98.1 cm³/mol. The Balaban J connectivity index is 1.49. The minimum absolute atomic E-state index is 0.0695. The van der Waals surface area contributed by atoms with E-state index in [1.807, 2.05) is 31.4 Å². The summed E-state index contributed by atoms with van der Waals surface area (Å²) < 4.78 is 11.2. The van der Waals surface area contributed by atoms with Crippen LogP contribution in [0.1, 0.15) is 16.3 Å². The summed E-state index contributed by atoms with van der Waals surface area (Å²) in [6, 6.07) is 8.95. The van der Waals surface area contributed by atoms with Crippen LogP contribution in [0.15, 0.2) is 40.1 Å². The van der Waals surface area contributed by atoms with Gasteiger partial charge in [0.2, 0.25) is 0 Å². The highest BCUT2D eigenvalue weighted by Gasteiger charge is 2.09. The van der Waals surface area contributed by atoms with Crippen molar-refractivity contribution in [3.63, 3.8) is 0 Å². The van der Waals surface area contributed by atoms with Crippen LogP contribution in [0, 0.1) is 13.8 Å². The van der Waals surface area contributed by atoms with E-state index < -0.39 is 0 Å². The Kier molecular flexibility index (Phi) is 5.40. The molecule has 0 aliphatic heterocycles. The van der Waals surface area contributed by atoms with Crippen LogP contribution in [0.2, 0.25) is 5.02 Å². The van der Waals surface area contributed by atoms with Gasteiger partial charge in [0.1, 0.15) is 17.2 Å². The van der Waals surface area contributed by atoms with Gasteiger partial charge in [0.15, 0.2) is 12.4 Å². The van der Waals surface area contributed by atoms with E-state index in [0.717, 1.165) is 16.3 Å². The third kappa shape index (κ3) is 4.61. The molecule has 130 valence electrons. The Morgan fingerprint density at radius 2 is 2.16 bits per heavy atom. The maximum atomic E-state index is 11.9. The van der Waals surface area contributed by atoms with Gasteiger partial charge in [-0.3, -0.25) is 4.79 Å². The molecular formula is C18H17ClN2O3S. The largest absolute Gasteiger partial charge is 0.484 e. The average molecular weight is 377 g/mol. The number of benzene rings is 1. The lowest BCUT2D eigenvalue weighted by Gasteiger charge is -2.08. The fourth-order valence-electron chi connectivity index (χ4n) is 2.18. The van der Waals surface area contributed by atoms with Crippen molar-refractivity contribution in [2.24, 2.45) is 0 Å². The molecule has 0 radical (unpaired) electrons. The fourth-order valence-corrected chi connectivity index (χ4v) is 2.90. The van der Waals surface area contributed by atoms with E-state index in [1.165, 1.54) is 0 Å². The van der Waals surface area contributed by atoms with Gasteiger partial charge in [-0.05, 0) is 49.7 Å². The number of carbonyl (C=O) groups excluding carboxylic acids is 1. The number of furan rings is 1. The number of thiazole rings is 1. The van der Waals surface area contributed by atoms with Crippen molar-refractivity contribution in [3.05, 3.63) is 57.1 Å². The first-order valence-corrected chi connectivity index (χ1v) is 8.94. The second-order valence-corrected chi connectivity index (χ2v) is 6.96. The Morgan fingerprint density at radius 1 is 1.32 bits per heavy atom. The number of nitrogens with zero attached hydrogens (tertiary/aromatic N) is 1. The van der Waals surface area contributed by atoms with Crippen molar-refractivity contribution < 1.29 is 13.9 Å². The first-order chi connectivity index (χ1) is 12.0. The van der Waals surface area contributed by atoms with Crippen molar-refractivity contribution in [3.8, 4) is 17.2 Å². The van der Waals surface area contributed by atoms with Crippen LogP contribution >= 0.6 is 22.9 Å². The first kappa shape index (κ1) is 17.5. The van der Waals surface area contributed by atoms with Gasteiger partial charge in [-0.1, -0.05) is 11.6 Å². The molecule has 0 spiro atoms. The van der Waals surface area contributed by atoms with Crippen LogP contribution < -0.4 is 10.1 Å². The number of carbonyl (C=O) groups is 1. The van der Waals surface area contributed by atoms with Crippen LogP contribution in [-0.4, -0.2) is 17.5 Å². The number of rotatable bonds is 6. The maximum absolute atomic E-state index is 11.9. The van der Waals surface area contributed by atoms with Crippen LogP contribution in [0.5, 0.6) is 5.75 Å². The van der Waals surface area contributed by atoms with E-state index in [1.54, 1.807) is 29.5 Å². The lowest BCUT2D eigenvalue weighted by molar-refractivity contribution is -0.123. The molecule has 0 aliphatic rings. The number of hydrogen-bond donors (Lipinski definition) is 1. The molecule has 2 aromatic heterocycles. The predicted octanol–water partition coefficient (Wildman–Crippen LogP) is 4.37. The Morgan fingerprint density at radius 3 is 2.88 bits per heavy atom. The molecule has 0 bridgehead atoms. The second kappa shape index (κ2) is 7.72. The molecule has 3 aromatic rings. The Bertz CT molecular complexity index is 888. The number of amides is 1. The van der Waals surface area contributed by atoms with Gasteiger partial charge in [0.25, 0.3) is 5.91 Å². The summed E-state index contributed by atoms with van der Waals surface area (Å²) in [5, 5.41) is 6.36. The van der Waals surface area contributed by atoms with E-state index >= 15 is 0 Å². The van der Waals surface area contributed by atoms with Crippen molar-refractivity contribution in [2.75, 3.05) is 6.61 Å². The molecule has 7 heteroatoms. The van der Waals surface area contributed by atoms with E-state index in [2.05, 4.69) is 10.3 Å². The van der Waals surface area contributed by atoms with Gasteiger partial charge in [-0.15, -0.1) is 11.3 Å². The van der Waals surface area contributed by atoms with Gasteiger partial charge in [0, 0.05) is 10.4 Å². The Labute approximate surface area is 154 Å². The van der Waals surface area contributed by atoms with Gasteiger partial charge < -0.3 is 14.5 Å². The third-order valence-corrected chi connectivity index (χ3v) is 4.69. The number of ether oxygens (including phenoxy) is 1. The van der Waals surface area contributed by atoms with Crippen LogP contribution in [0.3, 0.4) is 0 Å². The second-order valence-electron chi connectivity index (χ2n) is 5.49. The highest BCUT2D eigenvalue weighted by molar-refractivity contribution is 7.09. The minimum Gasteiger partial charge on any atom is -0.484 e. The third-order valence-electron chi connectivity index (χ3n) is 3.49. The lowest BCUT2D eigenvalue weighted by Crippen LogP contribution is -2.28. The molecule has 25 heavy (non-hydrogen) atoms. The standard InChI is InChI=1S/C18H17ClN2O3S/c1-11-7-13(3-5-15(11)19)23-9-18(22)20-8-14-4-6-17(24-14)16-10-25-12(2)21-16/h3-7,10H,8-9H2,1-2H3,(H,20,22). The van der Waals surface area contributed by atoms with E-state index in [-0.39, 0.29) is 12.5 Å². The van der Waals surface area contributed by atoms with Gasteiger partial charge in [-0.25, -0.2) is 4.98 Å². The van der Waals surface area contributed by atoms with Crippen LogP contribution in [-0.2, 0) is 11.3 Å². The van der Waals surface area contributed by atoms with Gasteiger partial charge in [0.05, 0.1) is 11.6 Å². The molecular weight excluding hydrogens is 360 g/mol. The zero-order valence-electron chi connectivity index (χ0n) is 13.8. The lowest BCUT2D eigenvalue weighted by atomic mass is 10.2. The quantitative estimate of drug-likeness (QED) is 0.693. The summed E-state index contributed by atoms with van der Waals surface area (Å²) in [5.74, 6) is 1.74. The van der Waals surface area contributed by atoms with Crippen molar-refractivity contribution in [1.29, 1.82) is 0 Å². The van der Waals surface area contributed by atoms with Gasteiger partial charge >= 0.3 is 0 Å². The fraction of sp³-hybridized carbons (Fsp3) is 0.222. The zero-order valence-corrected chi connectivity index (χ0v) is 15.4. The summed E-state index contributed by atoms with van der Waals surface area (Å²) in [4.78, 5) is 16.3. The summed E-state index contributed by atoms with van der Waals surface area (Å²) in [6.45, 7) is 4.05. The highest BCUT2D eigenvalue weighted by Crippen LogP contribution is 2.24. The molecule has 1 aromatic carbocycles. The number of hydrogen-bond acceptors (Lipinski definition) is 5. The van der Waals surface area contributed by atoms with E-state index in [9.17, 15) is 4.79 Å². The molecule has 0 unspecified atom stereocenters. The number of aryl methyl sites for hydroxylation is 2. The van der Waals surface area contributed by atoms with E-state index in [0.29, 0.717) is 28.8 Å². The normalized spacial score (nSPS) is 10.7. The first-order valence-electron chi connectivity index (χ1n) is 7.68. The van der Waals surface area contributed by atoms with Crippen LogP contribution in [0.25, 0.3) is 11.5 Å². The summed E-state index contributed by atoms with van der Waals surface area (Å²) in [5.41, 5.74) is 1.71. The molecule has 3 rings (SSSR count). The molecule has 1 amide bonds. The SMILES string of the molecule is Cc1nc(-c2ccc(CNC(=O)COc3ccc(Cl)c(C)c3)o2)cs1. The molecule has 0 fully saturated rings. The molecule has 1 N–H and O–H groups in total. The minimum atomic E-state index is -0.227. The van der Waals surface area contributed by atoms with Crippen LogP contribution in [0.4, 0.5) is 0 Å². The number of nitrogens with one attached hydrogen (secondary N) is 1. The van der Waals surface area contributed by atoms with Crippen molar-refractivity contribution in [1.82, 2.24) is 10.3 Å². The number of aromatic nitrogens is 1. The molecule has 5 nitrogen and oxygen atoms in total. The summed E-state index contributed by atoms with van der Waals surface area (Å²) in [6.07, 6.45) is 0. The van der Waals surface area contributed by atoms with Crippen molar-refractivity contribution in [2.45, 2.75) is 20.4 Å². The molecule has 2 heterocycles. The molecule has 0 saturated carbocycles. The average Bonchev–Trinajstić information content (AvgIpc) is 3.23. The summed E-state index contributed by atoms with van der Waals surface area (Å²) >= 11 is 7.53. The molecule has 0 aliphatic carbocycles. The van der Waals surface area contributed by atoms with Gasteiger partial charge in [-0.2, -0.15) is 0 Å². The maximum Gasteiger partial charge on any atom is 0.258 e. The smallest absolute Gasteiger partial charge is 0.258 e. The highest BCUT2D eigenvalue weighted by atomic mass is 35.5. The molecule has 0 saturated heterocycles. The Hall–Kier alpha value is -2.31. The number of halogens is 1. The summed E-state index contributed by atoms with van der Waals surface area (Å²) in [7, 11) is 0. The topological polar surface area (TPSA) is 64.4 Å². The monoisotopic (exact) mass is 376 g/mol.